The highest BCUT2D eigenvalue weighted by molar-refractivity contribution is 6.07. The third-order valence-corrected chi connectivity index (χ3v) is 4.52. The summed E-state index contributed by atoms with van der Waals surface area (Å²) in [6.07, 6.45) is 5.92. The van der Waals surface area contributed by atoms with Gasteiger partial charge in [0, 0.05) is 6.04 Å². The predicted molar refractivity (Wildman–Crippen MR) is 70.7 cm³/mol. The highest BCUT2D eigenvalue weighted by atomic mass is 16.4. The summed E-state index contributed by atoms with van der Waals surface area (Å²) in [5.41, 5.74) is 4.91. The van der Waals surface area contributed by atoms with Crippen LogP contribution >= 0.6 is 0 Å². The second kappa shape index (κ2) is 5.77. The molecule has 6 heteroatoms. The Hall–Kier alpha value is -1.30. The lowest BCUT2D eigenvalue weighted by Crippen LogP contribution is -2.51. The van der Waals surface area contributed by atoms with Crippen LogP contribution in [0.5, 0.6) is 0 Å². The zero-order valence-corrected chi connectivity index (χ0v) is 11.1. The molecule has 0 unspecified atom stereocenters. The normalized spacial score (nSPS) is 31.1. The van der Waals surface area contributed by atoms with Crippen LogP contribution in [0.2, 0.25) is 0 Å². The Morgan fingerprint density at radius 2 is 1.79 bits per heavy atom. The maximum Gasteiger partial charge on any atom is 0.234 e. The van der Waals surface area contributed by atoms with Gasteiger partial charge in [-0.2, -0.15) is 0 Å². The molecule has 2 rings (SSSR count). The largest absolute Gasteiger partial charge is 0.409 e. The maximum atomic E-state index is 12.5. The molecule has 108 valence electrons. The number of rotatable bonds is 3. The van der Waals surface area contributed by atoms with E-state index in [0.29, 0.717) is 12.8 Å². The number of amides is 1. The monoisotopic (exact) mass is 269 g/mol. The van der Waals surface area contributed by atoms with Gasteiger partial charge in [-0.15, -0.1) is 0 Å². The average molecular weight is 269 g/mol. The van der Waals surface area contributed by atoms with Crippen LogP contribution in [0.3, 0.4) is 0 Å². The first kappa shape index (κ1) is 14.1. The number of aliphatic hydroxyl groups is 1. The molecule has 2 fully saturated rings. The molecule has 0 spiro atoms. The summed E-state index contributed by atoms with van der Waals surface area (Å²) in [6.45, 7) is 0. The van der Waals surface area contributed by atoms with E-state index >= 15 is 0 Å². The topological polar surface area (TPSA) is 108 Å². The van der Waals surface area contributed by atoms with Gasteiger partial charge in [0.25, 0.3) is 0 Å². The summed E-state index contributed by atoms with van der Waals surface area (Å²) in [5, 5.41) is 24.4. The Labute approximate surface area is 113 Å². The Bertz CT molecular complexity index is 356. The number of hydrogen-bond donors (Lipinski definition) is 4. The minimum absolute atomic E-state index is 0.0262. The smallest absolute Gasteiger partial charge is 0.234 e. The average Bonchev–Trinajstić information content (AvgIpc) is 2.91. The molecule has 0 heterocycles. The molecule has 0 aromatic rings. The fraction of sp³-hybridized carbons (Fsp3) is 0.846. The number of carbonyl (C=O) groups excluding carboxylic acids is 1. The lowest BCUT2D eigenvalue weighted by atomic mass is 9.82. The molecule has 2 saturated carbocycles. The standard InChI is InChI=1S/C13H23N3O3/c14-11(16-19)13(7-1-2-8-13)12(18)15-9-3-5-10(17)6-4-9/h9-10,17,19H,1-8H2,(H2,14,16)(H,15,18). The molecule has 0 atom stereocenters. The molecule has 19 heavy (non-hydrogen) atoms. The van der Waals surface area contributed by atoms with E-state index in [1.807, 2.05) is 0 Å². The van der Waals surface area contributed by atoms with Gasteiger partial charge in [0.1, 0.15) is 5.41 Å². The second-order valence-corrected chi connectivity index (χ2v) is 5.75. The molecular weight excluding hydrogens is 246 g/mol. The van der Waals surface area contributed by atoms with Gasteiger partial charge in [0.2, 0.25) is 5.91 Å². The van der Waals surface area contributed by atoms with Crippen LogP contribution in [0.25, 0.3) is 0 Å². The predicted octanol–water partition coefficient (Wildman–Crippen LogP) is 0.713. The van der Waals surface area contributed by atoms with Crippen molar-refractivity contribution in [3.8, 4) is 0 Å². The first-order valence-corrected chi connectivity index (χ1v) is 7.05. The van der Waals surface area contributed by atoms with Crippen molar-refractivity contribution in [3.05, 3.63) is 0 Å². The Balaban J connectivity index is 2.01. The minimum Gasteiger partial charge on any atom is -0.409 e. The second-order valence-electron chi connectivity index (χ2n) is 5.75. The quantitative estimate of drug-likeness (QED) is 0.262. The highest BCUT2D eigenvalue weighted by Gasteiger charge is 2.46. The first-order chi connectivity index (χ1) is 9.08. The van der Waals surface area contributed by atoms with Crippen molar-refractivity contribution in [1.82, 2.24) is 5.32 Å². The summed E-state index contributed by atoms with van der Waals surface area (Å²) in [6, 6.07) is 0.0971. The molecule has 0 radical (unpaired) electrons. The first-order valence-electron chi connectivity index (χ1n) is 7.05. The van der Waals surface area contributed by atoms with Gasteiger partial charge in [-0.05, 0) is 38.5 Å². The van der Waals surface area contributed by atoms with Crippen LogP contribution in [-0.2, 0) is 4.79 Å². The van der Waals surface area contributed by atoms with E-state index < -0.39 is 5.41 Å². The van der Waals surface area contributed by atoms with E-state index in [1.54, 1.807) is 0 Å². The zero-order valence-electron chi connectivity index (χ0n) is 11.1. The van der Waals surface area contributed by atoms with Gasteiger partial charge >= 0.3 is 0 Å². The fourth-order valence-corrected chi connectivity index (χ4v) is 3.22. The molecule has 0 bridgehead atoms. The molecule has 0 aliphatic heterocycles. The number of carbonyl (C=O) groups is 1. The number of nitrogens with one attached hydrogen (secondary N) is 1. The van der Waals surface area contributed by atoms with Gasteiger partial charge in [0.05, 0.1) is 6.10 Å². The van der Waals surface area contributed by atoms with Crippen LogP contribution in [-0.4, -0.2) is 34.2 Å². The van der Waals surface area contributed by atoms with E-state index in [4.69, 9.17) is 10.9 Å². The summed E-state index contributed by atoms with van der Waals surface area (Å²) in [5.74, 6) is -0.0972. The molecular formula is C13H23N3O3. The van der Waals surface area contributed by atoms with E-state index in [2.05, 4.69) is 10.5 Å². The highest BCUT2D eigenvalue weighted by Crippen LogP contribution is 2.39. The van der Waals surface area contributed by atoms with Crippen molar-refractivity contribution >= 4 is 11.7 Å². The van der Waals surface area contributed by atoms with Gasteiger partial charge in [-0.25, -0.2) is 0 Å². The summed E-state index contributed by atoms with van der Waals surface area (Å²) >= 11 is 0. The SMILES string of the molecule is NC(=NO)C1(C(=O)NC2CCC(O)CC2)CCCC1. The molecule has 0 aromatic heterocycles. The Morgan fingerprint density at radius 3 is 2.32 bits per heavy atom. The Kier molecular flexibility index (Phi) is 4.29. The van der Waals surface area contributed by atoms with E-state index in [-0.39, 0.29) is 23.9 Å². The van der Waals surface area contributed by atoms with Crippen molar-refractivity contribution in [1.29, 1.82) is 0 Å². The Morgan fingerprint density at radius 1 is 1.21 bits per heavy atom. The van der Waals surface area contributed by atoms with Crippen LogP contribution < -0.4 is 11.1 Å². The maximum absolute atomic E-state index is 12.5. The van der Waals surface area contributed by atoms with Crippen LogP contribution in [0.1, 0.15) is 51.4 Å². The third kappa shape index (κ3) is 2.83. The molecule has 0 saturated heterocycles. The lowest BCUT2D eigenvalue weighted by molar-refractivity contribution is -0.128. The van der Waals surface area contributed by atoms with Gasteiger partial charge in [-0.3, -0.25) is 4.79 Å². The van der Waals surface area contributed by atoms with Crippen molar-refractivity contribution in [2.24, 2.45) is 16.3 Å². The van der Waals surface area contributed by atoms with Crippen LogP contribution in [0.4, 0.5) is 0 Å². The van der Waals surface area contributed by atoms with E-state index in [0.717, 1.165) is 38.5 Å². The van der Waals surface area contributed by atoms with Crippen molar-refractivity contribution in [3.63, 3.8) is 0 Å². The number of nitrogens with two attached hydrogens (primary N) is 1. The number of aliphatic hydroxyl groups excluding tert-OH is 1. The molecule has 2 aliphatic carbocycles. The number of nitrogens with zero attached hydrogens (tertiary/aromatic N) is 1. The van der Waals surface area contributed by atoms with Crippen molar-refractivity contribution in [2.45, 2.75) is 63.5 Å². The van der Waals surface area contributed by atoms with E-state index in [9.17, 15) is 9.90 Å². The lowest BCUT2D eigenvalue weighted by Gasteiger charge is -2.31. The van der Waals surface area contributed by atoms with Gasteiger partial charge in [-0.1, -0.05) is 18.0 Å². The summed E-state index contributed by atoms with van der Waals surface area (Å²) < 4.78 is 0. The van der Waals surface area contributed by atoms with Crippen molar-refractivity contribution in [2.75, 3.05) is 0 Å². The summed E-state index contributed by atoms with van der Waals surface area (Å²) in [7, 11) is 0. The zero-order chi connectivity index (χ0) is 13.9. The van der Waals surface area contributed by atoms with Gasteiger partial charge in [0.15, 0.2) is 5.84 Å². The minimum atomic E-state index is -0.829. The number of oxime groups is 1. The number of amidine groups is 1. The number of hydrogen-bond acceptors (Lipinski definition) is 4. The third-order valence-electron chi connectivity index (χ3n) is 4.52. The molecule has 5 N–H and O–H groups in total. The van der Waals surface area contributed by atoms with Gasteiger partial charge < -0.3 is 21.4 Å². The molecule has 0 aromatic carbocycles. The van der Waals surface area contributed by atoms with Crippen LogP contribution in [0.15, 0.2) is 5.16 Å². The molecule has 1 amide bonds. The van der Waals surface area contributed by atoms with Crippen molar-refractivity contribution < 1.29 is 15.1 Å². The fourth-order valence-electron chi connectivity index (χ4n) is 3.22. The molecule has 2 aliphatic rings. The van der Waals surface area contributed by atoms with Crippen LogP contribution in [0, 0.1) is 5.41 Å². The molecule has 6 nitrogen and oxygen atoms in total. The summed E-state index contributed by atoms with van der Waals surface area (Å²) in [4.78, 5) is 12.5. The van der Waals surface area contributed by atoms with E-state index in [1.165, 1.54) is 0 Å².